The Morgan fingerprint density at radius 1 is 1.30 bits per heavy atom. The molecule has 0 aromatic heterocycles. The summed E-state index contributed by atoms with van der Waals surface area (Å²) in [5.41, 5.74) is 2.42. The van der Waals surface area contributed by atoms with Crippen LogP contribution in [0, 0.1) is 0 Å². The maximum atomic E-state index is 12.6. The summed E-state index contributed by atoms with van der Waals surface area (Å²) in [6, 6.07) is 8.15. The predicted octanol–water partition coefficient (Wildman–Crippen LogP) is 1.76. The maximum Gasteiger partial charge on any atom is 0.218 e. The molecular weight excluding hydrogens is 272 g/mol. The lowest BCUT2D eigenvalue weighted by atomic mass is 10.0. The molecule has 0 spiro atoms. The third-order valence-electron chi connectivity index (χ3n) is 3.87. The number of sulfonamides is 1. The molecule has 20 heavy (non-hydrogen) atoms. The van der Waals surface area contributed by atoms with E-state index < -0.39 is 10.0 Å². The monoisotopic (exact) mass is 296 g/mol. The lowest BCUT2D eigenvalue weighted by molar-refractivity contribution is 0.402. The highest BCUT2D eigenvalue weighted by Crippen LogP contribution is 2.22. The van der Waals surface area contributed by atoms with Gasteiger partial charge in [-0.15, -0.1) is 0 Å². The minimum Gasteiger partial charge on any atom is -0.316 e. The Balaban J connectivity index is 2.16. The van der Waals surface area contributed by atoms with Crippen LogP contribution in [0.4, 0.5) is 0 Å². The van der Waals surface area contributed by atoms with E-state index in [-0.39, 0.29) is 5.25 Å². The first-order valence-corrected chi connectivity index (χ1v) is 8.82. The lowest BCUT2D eigenvalue weighted by Crippen LogP contribution is -2.41. The number of nitrogens with zero attached hydrogens (tertiary/aromatic N) is 1. The molecule has 1 heterocycles. The van der Waals surface area contributed by atoms with E-state index in [9.17, 15) is 8.42 Å². The summed E-state index contributed by atoms with van der Waals surface area (Å²) in [7, 11) is -3.23. The first kappa shape index (κ1) is 15.5. The number of aryl methyl sites for hydroxylation is 1. The van der Waals surface area contributed by atoms with Crippen LogP contribution in [0.2, 0.25) is 0 Å². The molecular formula is C15H24N2O2S. The second-order valence-corrected chi connectivity index (χ2v) is 7.72. The Morgan fingerprint density at radius 3 is 2.70 bits per heavy atom. The van der Waals surface area contributed by atoms with Gasteiger partial charge in [0.15, 0.2) is 0 Å². The van der Waals surface area contributed by atoms with Crippen LogP contribution >= 0.6 is 0 Å². The van der Waals surface area contributed by atoms with Crippen molar-refractivity contribution >= 4 is 10.0 Å². The summed E-state index contributed by atoms with van der Waals surface area (Å²) in [4.78, 5) is 0. The van der Waals surface area contributed by atoms with Gasteiger partial charge in [-0.05, 0) is 37.4 Å². The average Bonchev–Trinajstić information content (AvgIpc) is 2.67. The van der Waals surface area contributed by atoms with Crippen LogP contribution in [0.15, 0.2) is 24.3 Å². The fourth-order valence-electron chi connectivity index (χ4n) is 2.60. The fourth-order valence-corrected chi connectivity index (χ4v) is 4.14. The molecule has 2 rings (SSSR count). The van der Waals surface area contributed by atoms with Crippen molar-refractivity contribution in [3.8, 4) is 0 Å². The van der Waals surface area contributed by atoms with Crippen molar-refractivity contribution in [1.82, 2.24) is 9.62 Å². The summed E-state index contributed by atoms with van der Waals surface area (Å²) < 4.78 is 26.9. The summed E-state index contributed by atoms with van der Waals surface area (Å²) in [5.74, 6) is 0. The minimum atomic E-state index is -3.23. The topological polar surface area (TPSA) is 49.4 Å². The minimum absolute atomic E-state index is 0.382. The number of nitrogens with one attached hydrogen (secondary N) is 1. The molecule has 1 aromatic rings. The second kappa shape index (κ2) is 6.70. The Morgan fingerprint density at radius 2 is 2.00 bits per heavy atom. The highest BCUT2D eigenvalue weighted by molar-refractivity contribution is 7.89. The average molecular weight is 296 g/mol. The molecule has 0 bridgehead atoms. The van der Waals surface area contributed by atoms with Gasteiger partial charge in [0, 0.05) is 19.6 Å². The molecule has 0 saturated heterocycles. The van der Waals surface area contributed by atoms with E-state index in [0.717, 1.165) is 24.9 Å². The molecule has 112 valence electrons. The normalized spacial score (nSPS) is 18.3. The second-order valence-electron chi connectivity index (χ2n) is 5.37. The van der Waals surface area contributed by atoms with Crippen molar-refractivity contribution in [1.29, 1.82) is 0 Å². The number of hydrogen-bond donors (Lipinski definition) is 1. The highest BCUT2D eigenvalue weighted by Gasteiger charge is 2.29. The van der Waals surface area contributed by atoms with Gasteiger partial charge in [-0.2, -0.15) is 4.31 Å². The van der Waals surface area contributed by atoms with Crippen molar-refractivity contribution in [3.05, 3.63) is 35.4 Å². The van der Waals surface area contributed by atoms with E-state index in [1.54, 1.807) is 11.2 Å². The fraction of sp³-hybridized carbons (Fsp3) is 0.600. The van der Waals surface area contributed by atoms with Crippen LogP contribution in [0.1, 0.15) is 31.4 Å². The molecule has 0 saturated carbocycles. The van der Waals surface area contributed by atoms with Gasteiger partial charge in [0.05, 0.1) is 5.25 Å². The number of rotatable bonds is 5. The van der Waals surface area contributed by atoms with Crippen molar-refractivity contribution in [2.75, 3.05) is 19.6 Å². The third-order valence-corrected chi connectivity index (χ3v) is 6.08. The van der Waals surface area contributed by atoms with Crippen molar-refractivity contribution < 1.29 is 8.42 Å². The van der Waals surface area contributed by atoms with Gasteiger partial charge in [0.25, 0.3) is 0 Å². The van der Waals surface area contributed by atoms with E-state index in [1.807, 2.05) is 25.1 Å². The van der Waals surface area contributed by atoms with E-state index in [0.29, 0.717) is 19.6 Å². The Bertz CT molecular complexity index is 543. The highest BCUT2D eigenvalue weighted by atomic mass is 32.2. The van der Waals surface area contributed by atoms with Crippen molar-refractivity contribution in [3.63, 3.8) is 0 Å². The predicted molar refractivity (Wildman–Crippen MR) is 82.1 cm³/mol. The molecule has 1 N–H and O–H groups in total. The molecule has 0 fully saturated rings. The van der Waals surface area contributed by atoms with Gasteiger partial charge in [-0.3, -0.25) is 0 Å². The molecule has 1 atom stereocenters. The number of benzene rings is 1. The van der Waals surface area contributed by atoms with Gasteiger partial charge < -0.3 is 5.32 Å². The molecule has 1 unspecified atom stereocenters. The molecule has 1 aromatic carbocycles. The summed E-state index contributed by atoms with van der Waals surface area (Å²) in [6.45, 7) is 6.21. The number of fused-ring (bicyclic) bond motifs is 1. The van der Waals surface area contributed by atoms with Crippen LogP contribution in [0.5, 0.6) is 0 Å². The lowest BCUT2D eigenvalue weighted by Gasteiger charge is -2.24. The summed E-state index contributed by atoms with van der Waals surface area (Å²) >= 11 is 0. The van der Waals surface area contributed by atoms with Crippen LogP contribution in [-0.4, -0.2) is 37.6 Å². The maximum absolute atomic E-state index is 12.6. The van der Waals surface area contributed by atoms with Gasteiger partial charge in [-0.1, -0.05) is 31.2 Å². The Hall–Kier alpha value is -0.910. The van der Waals surface area contributed by atoms with Gasteiger partial charge in [0.2, 0.25) is 10.0 Å². The largest absolute Gasteiger partial charge is 0.316 e. The molecule has 1 aliphatic rings. The molecule has 0 amide bonds. The van der Waals surface area contributed by atoms with E-state index in [2.05, 4.69) is 11.4 Å². The zero-order valence-corrected chi connectivity index (χ0v) is 13.1. The van der Waals surface area contributed by atoms with E-state index >= 15 is 0 Å². The molecule has 1 aliphatic heterocycles. The third kappa shape index (κ3) is 3.40. The standard InChI is InChI=1S/C15H24N2O2S/c1-3-16-11-13(2)20(18,19)17-10-6-9-14-7-4-5-8-15(14)12-17/h4-5,7-8,13,16H,3,6,9-12H2,1-2H3. The molecule has 0 radical (unpaired) electrons. The van der Waals surface area contributed by atoms with Crippen LogP contribution < -0.4 is 5.32 Å². The van der Waals surface area contributed by atoms with Gasteiger partial charge in [0.1, 0.15) is 0 Å². The zero-order chi connectivity index (χ0) is 14.6. The molecule has 5 heteroatoms. The Kier molecular flexibility index (Phi) is 5.18. The van der Waals surface area contributed by atoms with E-state index in [4.69, 9.17) is 0 Å². The van der Waals surface area contributed by atoms with Crippen LogP contribution in [0.25, 0.3) is 0 Å². The zero-order valence-electron chi connectivity index (χ0n) is 12.3. The quantitative estimate of drug-likeness (QED) is 0.901. The first-order chi connectivity index (χ1) is 9.55. The van der Waals surface area contributed by atoms with Crippen LogP contribution in [0.3, 0.4) is 0 Å². The Labute approximate surface area is 122 Å². The SMILES string of the molecule is CCNCC(C)S(=O)(=O)N1CCCc2ccccc2C1. The number of hydrogen-bond acceptors (Lipinski definition) is 3. The van der Waals surface area contributed by atoms with E-state index in [1.165, 1.54) is 5.56 Å². The van der Waals surface area contributed by atoms with Crippen molar-refractivity contribution in [2.24, 2.45) is 0 Å². The first-order valence-electron chi connectivity index (χ1n) is 7.32. The smallest absolute Gasteiger partial charge is 0.218 e. The summed E-state index contributed by atoms with van der Waals surface area (Å²) in [5, 5.41) is 2.74. The molecule has 0 aliphatic carbocycles. The summed E-state index contributed by atoms with van der Waals surface area (Å²) in [6.07, 6.45) is 1.86. The van der Waals surface area contributed by atoms with Gasteiger partial charge in [-0.25, -0.2) is 8.42 Å². The van der Waals surface area contributed by atoms with Gasteiger partial charge >= 0.3 is 0 Å². The van der Waals surface area contributed by atoms with Crippen molar-refractivity contribution in [2.45, 2.75) is 38.5 Å². The molecule has 4 nitrogen and oxygen atoms in total. The van der Waals surface area contributed by atoms with Crippen LogP contribution in [-0.2, 0) is 23.0 Å².